The van der Waals surface area contributed by atoms with E-state index in [2.05, 4.69) is 5.32 Å². The Morgan fingerprint density at radius 3 is 2.74 bits per heavy atom. The molecule has 0 fully saturated rings. The molecule has 0 saturated carbocycles. The number of nitrogens with two attached hydrogens (primary N) is 1. The number of carbonyl (C=O) groups excluding carboxylic acids is 1. The summed E-state index contributed by atoms with van der Waals surface area (Å²) < 4.78 is 10.5. The molecular formula is C18H22N2O3. The Morgan fingerprint density at radius 1 is 1.13 bits per heavy atom. The second-order valence-electron chi connectivity index (χ2n) is 5.16. The van der Waals surface area contributed by atoms with Gasteiger partial charge >= 0.3 is 0 Å². The summed E-state index contributed by atoms with van der Waals surface area (Å²) in [5.74, 6) is 0.664. The molecule has 0 radical (unpaired) electrons. The fourth-order valence-corrected chi connectivity index (χ4v) is 2.14. The van der Waals surface area contributed by atoms with Crippen LogP contribution in [0.2, 0.25) is 0 Å². The number of anilines is 2. The molecule has 2 aromatic carbocycles. The Morgan fingerprint density at radius 2 is 1.96 bits per heavy atom. The summed E-state index contributed by atoms with van der Waals surface area (Å²) in [6.45, 7) is 1.00. The van der Waals surface area contributed by atoms with Crippen molar-refractivity contribution in [2.75, 3.05) is 31.4 Å². The van der Waals surface area contributed by atoms with Gasteiger partial charge in [0.15, 0.2) is 0 Å². The molecule has 0 spiro atoms. The number of nitrogen functional groups attached to an aromatic ring is 1. The largest absolute Gasteiger partial charge is 0.491 e. The van der Waals surface area contributed by atoms with Gasteiger partial charge in [0, 0.05) is 31.0 Å². The van der Waals surface area contributed by atoms with E-state index < -0.39 is 0 Å². The van der Waals surface area contributed by atoms with Crippen LogP contribution in [0.1, 0.15) is 12.0 Å². The predicted octanol–water partition coefficient (Wildman–Crippen LogP) is 2.87. The third-order valence-corrected chi connectivity index (χ3v) is 3.27. The van der Waals surface area contributed by atoms with Gasteiger partial charge in [-0.05, 0) is 36.2 Å². The Hall–Kier alpha value is -2.53. The number of nitrogens with one attached hydrogen (secondary N) is 1. The summed E-state index contributed by atoms with van der Waals surface area (Å²) >= 11 is 0. The van der Waals surface area contributed by atoms with Gasteiger partial charge in [0.2, 0.25) is 5.91 Å². The Bertz CT molecular complexity index is 644. The third kappa shape index (κ3) is 6.00. The van der Waals surface area contributed by atoms with Gasteiger partial charge in [-0.3, -0.25) is 4.79 Å². The van der Waals surface area contributed by atoms with E-state index >= 15 is 0 Å². The zero-order chi connectivity index (χ0) is 16.5. The van der Waals surface area contributed by atoms with Crippen molar-refractivity contribution in [3.05, 3.63) is 54.1 Å². The molecule has 0 bridgehead atoms. The summed E-state index contributed by atoms with van der Waals surface area (Å²) in [6, 6.07) is 14.9. The quantitative estimate of drug-likeness (QED) is 0.580. The van der Waals surface area contributed by atoms with Crippen molar-refractivity contribution in [2.24, 2.45) is 0 Å². The van der Waals surface area contributed by atoms with Crippen LogP contribution in [0, 0.1) is 0 Å². The Labute approximate surface area is 136 Å². The summed E-state index contributed by atoms with van der Waals surface area (Å²) in [5.41, 5.74) is 8.22. The number of benzene rings is 2. The predicted molar refractivity (Wildman–Crippen MR) is 91.6 cm³/mol. The minimum absolute atomic E-state index is 0.0403. The molecule has 0 heterocycles. The van der Waals surface area contributed by atoms with Crippen LogP contribution in [0.5, 0.6) is 5.75 Å². The van der Waals surface area contributed by atoms with E-state index in [9.17, 15) is 4.79 Å². The lowest BCUT2D eigenvalue weighted by Gasteiger charge is -2.09. The molecule has 0 unspecified atom stereocenters. The summed E-state index contributed by atoms with van der Waals surface area (Å²) in [4.78, 5) is 12.0. The van der Waals surface area contributed by atoms with Gasteiger partial charge in [0.25, 0.3) is 0 Å². The van der Waals surface area contributed by atoms with Gasteiger partial charge in [-0.15, -0.1) is 0 Å². The van der Waals surface area contributed by atoms with Crippen LogP contribution in [0.25, 0.3) is 0 Å². The fourth-order valence-electron chi connectivity index (χ4n) is 2.14. The number of hydrogen-bond donors (Lipinski definition) is 2. The standard InChI is InChI=1S/C18H22N2O3/c1-22-10-11-23-17-7-3-6-16(13-17)20-18(21)9-8-14-4-2-5-15(19)12-14/h2-7,12-13H,8-11,19H2,1H3,(H,20,21). The third-order valence-electron chi connectivity index (χ3n) is 3.27. The van der Waals surface area contributed by atoms with Crippen LogP contribution >= 0.6 is 0 Å². The lowest BCUT2D eigenvalue weighted by molar-refractivity contribution is -0.116. The number of hydrogen-bond acceptors (Lipinski definition) is 4. The molecule has 0 saturated heterocycles. The first-order valence-corrected chi connectivity index (χ1v) is 7.53. The van der Waals surface area contributed by atoms with Crippen LogP contribution < -0.4 is 15.8 Å². The number of aryl methyl sites for hydroxylation is 1. The number of ether oxygens (including phenoxy) is 2. The Kier molecular flexibility index (Phi) is 6.44. The topological polar surface area (TPSA) is 73.6 Å². The maximum absolute atomic E-state index is 12.0. The van der Waals surface area contributed by atoms with Crippen molar-refractivity contribution in [1.82, 2.24) is 0 Å². The van der Waals surface area contributed by atoms with E-state index in [0.29, 0.717) is 37.5 Å². The molecule has 5 heteroatoms. The van der Waals surface area contributed by atoms with Crippen molar-refractivity contribution in [3.63, 3.8) is 0 Å². The first-order chi connectivity index (χ1) is 11.2. The highest BCUT2D eigenvalue weighted by Crippen LogP contribution is 2.18. The highest BCUT2D eigenvalue weighted by Gasteiger charge is 2.05. The van der Waals surface area contributed by atoms with Gasteiger partial charge in [0.1, 0.15) is 12.4 Å². The lowest BCUT2D eigenvalue weighted by atomic mass is 10.1. The summed E-state index contributed by atoms with van der Waals surface area (Å²) in [6.07, 6.45) is 1.05. The van der Waals surface area contributed by atoms with Gasteiger partial charge < -0.3 is 20.5 Å². The van der Waals surface area contributed by atoms with Crippen molar-refractivity contribution >= 4 is 17.3 Å². The summed E-state index contributed by atoms with van der Waals surface area (Å²) in [5, 5.41) is 2.88. The van der Waals surface area contributed by atoms with E-state index in [1.807, 2.05) is 42.5 Å². The molecule has 0 aliphatic heterocycles. The highest BCUT2D eigenvalue weighted by molar-refractivity contribution is 5.91. The van der Waals surface area contributed by atoms with Crippen LogP contribution in [0.3, 0.4) is 0 Å². The molecule has 122 valence electrons. The monoisotopic (exact) mass is 314 g/mol. The zero-order valence-corrected chi connectivity index (χ0v) is 13.2. The first kappa shape index (κ1) is 16.8. The number of carbonyl (C=O) groups is 1. The number of amides is 1. The van der Waals surface area contributed by atoms with Crippen LogP contribution in [-0.4, -0.2) is 26.2 Å². The minimum atomic E-state index is -0.0403. The minimum Gasteiger partial charge on any atom is -0.491 e. The molecule has 3 N–H and O–H groups in total. The highest BCUT2D eigenvalue weighted by atomic mass is 16.5. The van der Waals surface area contributed by atoms with E-state index in [0.717, 1.165) is 11.3 Å². The zero-order valence-electron chi connectivity index (χ0n) is 13.2. The maximum Gasteiger partial charge on any atom is 0.224 e. The molecule has 23 heavy (non-hydrogen) atoms. The van der Waals surface area contributed by atoms with Gasteiger partial charge in [-0.25, -0.2) is 0 Å². The molecule has 0 aliphatic carbocycles. The average molecular weight is 314 g/mol. The maximum atomic E-state index is 12.0. The van der Waals surface area contributed by atoms with Crippen LogP contribution in [0.4, 0.5) is 11.4 Å². The van der Waals surface area contributed by atoms with Crippen molar-refractivity contribution in [3.8, 4) is 5.75 Å². The number of methoxy groups -OCH3 is 1. The Balaban J connectivity index is 1.83. The van der Waals surface area contributed by atoms with Gasteiger partial charge in [-0.2, -0.15) is 0 Å². The van der Waals surface area contributed by atoms with Gasteiger partial charge in [0.05, 0.1) is 6.61 Å². The molecule has 2 rings (SSSR count). The smallest absolute Gasteiger partial charge is 0.224 e. The average Bonchev–Trinajstić information content (AvgIpc) is 2.54. The molecule has 0 atom stereocenters. The van der Waals surface area contributed by atoms with E-state index in [1.165, 1.54) is 0 Å². The molecule has 2 aromatic rings. The van der Waals surface area contributed by atoms with E-state index in [4.69, 9.17) is 15.2 Å². The SMILES string of the molecule is COCCOc1cccc(NC(=O)CCc2cccc(N)c2)c1. The molecule has 5 nitrogen and oxygen atoms in total. The van der Waals surface area contributed by atoms with Crippen LogP contribution in [0.15, 0.2) is 48.5 Å². The first-order valence-electron chi connectivity index (χ1n) is 7.53. The molecule has 1 amide bonds. The second kappa shape index (κ2) is 8.80. The molecule has 0 aliphatic rings. The van der Waals surface area contributed by atoms with E-state index in [1.54, 1.807) is 13.2 Å². The van der Waals surface area contributed by atoms with E-state index in [-0.39, 0.29) is 5.91 Å². The number of rotatable bonds is 8. The molecular weight excluding hydrogens is 292 g/mol. The van der Waals surface area contributed by atoms with Crippen molar-refractivity contribution in [2.45, 2.75) is 12.8 Å². The van der Waals surface area contributed by atoms with Crippen LogP contribution in [-0.2, 0) is 16.0 Å². The second-order valence-corrected chi connectivity index (χ2v) is 5.16. The van der Waals surface area contributed by atoms with Gasteiger partial charge in [-0.1, -0.05) is 18.2 Å². The normalized spacial score (nSPS) is 10.3. The van der Waals surface area contributed by atoms with Crippen molar-refractivity contribution in [1.29, 1.82) is 0 Å². The summed E-state index contributed by atoms with van der Waals surface area (Å²) in [7, 11) is 1.63. The molecule has 0 aromatic heterocycles. The van der Waals surface area contributed by atoms with Crippen molar-refractivity contribution < 1.29 is 14.3 Å². The lowest BCUT2D eigenvalue weighted by Crippen LogP contribution is -2.12. The fraction of sp³-hybridized carbons (Fsp3) is 0.278.